The van der Waals surface area contributed by atoms with Crippen LogP contribution in [0.2, 0.25) is 0 Å². The van der Waals surface area contributed by atoms with Crippen LogP contribution in [-0.4, -0.2) is 39.7 Å². The van der Waals surface area contributed by atoms with Gasteiger partial charge in [0.15, 0.2) is 0 Å². The van der Waals surface area contributed by atoms with E-state index in [0.29, 0.717) is 4.73 Å². The van der Waals surface area contributed by atoms with E-state index in [9.17, 15) is 19.8 Å². The van der Waals surface area contributed by atoms with Crippen molar-refractivity contribution in [1.29, 1.82) is 0 Å². The molecule has 1 amide bonds. The third kappa shape index (κ3) is 4.07. The van der Waals surface area contributed by atoms with Crippen LogP contribution in [0.25, 0.3) is 11.1 Å². The van der Waals surface area contributed by atoms with Gasteiger partial charge >= 0.3 is 12.1 Å². The molecule has 8 nitrogen and oxygen atoms in total. The van der Waals surface area contributed by atoms with Gasteiger partial charge in [-0.2, -0.15) is 0 Å². The van der Waals surface area contributed by atoms with Crippen molar-refractivity contribution >= 4 is 12.1 Å². The number of fused-ring (bicyclic) bond motifs is 3. The molecule has 2 aromatic carbocycles. The molecule has 0 radical (unpaired) electrons. The van der Waals surface area contributed by atoms with Crippen molar-refractivity contribution in [2.24, 2.45) is 5.92 Å². The Morgan fingerprint density at radius 2 is 1.47 bits per heavy atom. The lowest BCUT2D eigenvalue weighted by Crippen LogP contribution is -2.49. The minimum atomic E-state index is -0.959. The van der Waals surface area contributed by atoms with Gasteiger partial charge < -0.3 is 25.1 Å². The van der Waals surface area contributed by atoms with Crippen LogP contribution < -0.4 is 10.2 Å². The minimum absolute atomic E-state index is 0.0937. The largest absolute Gasteiger partial charge is 0.492 e. The zero-order valence-electron chi connectivity index (χ0n) is 18.5. The maximum Gasteiger partial charge on any atom is 0.407 e. The van der Waals surface area contributed by atoms with Crippen LogP contribution in [-0.2, 0) is 9.53 Å². The topological polar surface area (TPSA) is 110 Å². The molecule has 1 aromatic heterocycles. The Kier molecular flexibility index (Phi) is 5.88. The average Bonchev–Trinajstić information content (AvgIpc) is 3.56. The Balaban J connectivity index is 1.28. The van der Waals surface area contributed by atoms with Crippen LogP contribution in [0.1, 0.15) is 42.7 Å². The molecule has 1 atom stereocenters. The summed E-state index contributed by atoms with van der Waals surface area (Å²) >= 11 is 0. The number of hydrogen-bond donors (Lipinski definition) is 3. The number of carbonyl (C=O) groups excluding carboxylic acids is 2. The second-order valence-corrected chi connectivity index (χ2v) is 8.75. The number of alkyl carbamates (subject to hydrolysis) is 1. The first-order valence-electron chi connectivity index (χ1n) is 11.5. The maximum absolute atomic E-state index is 12.9. The Hall–Kier alpha value is -3.94. The highest BCUT2D eigenvalue weighted by Gasteiger charge is 2.36. The number of rotatable bonds is 6. The Morgan fingerprint density at radius 1 is 0.912 bits per heavy atom. The molecule has 2 aliphatic carbocycles. The van der Waals surface area contributed by atoms with Gasteiger partial charge in [0.1, 0.15) is 12.6 Å². The van der Waals surface area contributed by atoms with E-state index in [0.717, 1.165) is 47.9 Å². The standard InChI is InChI=1S/C26H26N2O6/c29-22-13-14-23(30)28(22)34-25(31)24(16-7-1-2-8-16)27-26(32)33-15-21-19-11-5-3-9-17(19)18-10-4-6-12-20(18)21/h3-6,9-14,16,21,24,29-30H,1-2,7-8,15H2,(H,27,32). The summed E-state index contributed by atoms with van der Waals surface area (Å²) in [6.45, 7) is 0.130. The fourth-order valence-electron chi connectivity index (χ4n) is 5.07. The molecule has 1 saturated carbocycles. The zero-order valence-corrected chi connectivity index (χ0v) is 18.5. The van der Waals surface area contributed by atoms with E-state index in [-0.39, 0.29) is 18.4 Å². The fourth-order valence-corrected chi connectivity index (χ4v) is 5.07. The van der Waals surface area contributed by atoms with Crippen LogP contribution in [0.5, 0.6) is 11.8 Å². The molecule has 0 spiro atoms. The molecule has 176 valence electrons. The molecule has 2 aliphatic rings. The van der Waals surface area contributed by atoms with Crippen molar-refractivity contribution < 1.29 is 29.4 Å². The van der Waals surface area contributed by atoms with Gasteiger partial charge in [0.05, 0.1) is 0 Å². The Labute approximate surface area is 196 Å². The summed E-state index contributed by atoms with van der Waals surface area (Å²) in [6, 6.07) is 17.6. The summed E-state index contributed by atoms with van der Waals surface area (Å²) < 4.78 is 6.23. The van der Waals surface area contributed by atoms with Crippen molar-refractivity contribution in [3.63, 3.8) is 0 Å². The number of carbonyl (C=O) groups is 2. The molecule has 3 N–H and O–H groups in total. The van der Waals surface area contributed by atoms with Crippen molar-refractivity contribution in [3.05, 3.63) is 71.8 Å². The predicted molar refractivity (Wildman–Crippen MR) is 123 cm³/mol. The summed E-state index contributed by atoms with van der Waals surface area (Å²) in [5.74, 6) is -1.83. The van der Waals surface area contributed by atoms with Gasteiger partial charge in [-0.25, -0.2) is 9.59 Å². The molecular formula is C26H26N2O6. The summed E-state index contributed by atoms with van der Waals surface area (Å²) in [5, 5.41) is 22.2. The second-order valence-electron chi connectivity index (χ2n) is 8.75. The molecule has 0 bridgehead atoms. The smallest absolute Gasteiger partial charge is 0.407 e. The van der Waals surface area contributed by atoms with Gasteiger partial charge in [0, 0.05) is 18.1 Å². The number of aromatic hydroxyl groups is 2. The van der Waals surface area contributed by atoms with E-state index in [1.54, 1.807) is 0 Å². The Morgan fingerprint density at radius 3 is 2.06 bits per heavy atom. The normalized spacial score (nSPS) is 16.0. The van der Waals surface area contributed by atoms with Crippen molar-refractivity contribution in [2.75, 3.05) is 6.61 Å². The van der Waals surface area contributed by atoms with Gasteiger partial charge in [0.2, 0.25) is 11.8 Å². The molecule has 34 heavy (non-hydrogen) atoms. The van der Waals surface area contributed by atoms with Gasteiger partial charge in [-0.3, -0.25) is 0 Å². The van der Waals surface area contributed by atoms with E-state index in [2.05, 4.69) is 17.4 Å². The van der Waals surface area contributed by atoms with Crippen LogP contribution in [0.3, 0.4) is 0 Å². The van der Waals surface area contributed by atoms with Crippen molar-refractivity contribution in [2.45, 2.75) is 37.6 Å². The van der Waals surface area contributed by atoms with Gasteiger partial charge in [-0.05, 0) is 41.0 Å². The number of hydrogen-bond acceptors (Lipinski definition) is 6. The SMILES string of the molecule is O=C(NC(C(=O)On1c(O)ccc1O)C1CCCC1)OCC1c2ccccc2-c2ccccc21. The molecule has 1 heterocycles. The summed E-state index contributed by atoms with van der Waals surface area (Å²) in [6.07, 6.45) is 2.69. The quantitative estimate of drug-likeness (QED) is 0.512. The molecule has 5 rings (SSSR count). The fraction of sp³-hybridized carbons (Fsp3) is 0.308. The molecule has 8 heteroatoms. The monoisotopic (exact) mass is 462 g/mol. The van der Waals surface area contributed by atoms with E-state index >= 15 is 0 Å². The minimum Gasteiger partial charge on any atom is -0.492 e. The van der Waals surface area contributed by atoms with E-state index in [1.807, 2.05) is 36.4 Å². The van der Waals surface area contributed by atoms with Crippen LogP contribution >= 0.6 is 0 Å². The number of aromatic nitrogens is 1. The third-order valence-electron chi connectivity index (χ3n) is 6.72. The summed E-state index contributed by atoms with van der Waals surface area (Å²) in [4.78, 5) is 30.8. The van der Waals surface area contributed by atoms with Gasteiger partial charge in [-0.1, -0.05) is 61.4 Å². The third-order valence-corrected chi connectivity index (χ3v) is 6.72. The zero-order chi connectivity index (χ0) is 23.7. The lowest BCUT2D eigenvalue weighted by molar-refractivity contribution is -0.149. The number of nitrogens with one attached hydrogen (secondary N) is 1. The first-order valence-corrected chi connectivity index (χ1v) is 11.5. The molecule has 1 fully saturated rings. The highest BCUT2D eigenvalue weighted by Crippen LogP contribution is 2.44. The van der Waals surface area contributed by atoms with Crippen molar-refractivity contribution in [1.82, 2.24) is 10.0 Å². The first kappa shape index (κ1) is 21.9. The molecule has 0 aliphatic heterocycles. The maximum atomic E-state index is 12.9. The van der Waals surface area contributed by atoms with Crippen molar-refractivity contribution in [3.8, 4) is 22.9 Å². The molecule has 3 aromatic rings. The van der Waals surface area contributed by atoms with Gasteiger partial charge in [-0.15, -0.1) is 4.73 Å². The lowest BCUT2D eigenvalue weighted by atomic mass is 9.98. The molecule has 0 saturated heterocycles. The number of ether oxygens (including phenoxy) is 1. The van der Waals surface area contributed by atoms with E-state index in [4.69, 9.17) is 9.57 Å². The van der Waals surface area contributed by atoms with Crippen LogP contribution in [0.15, 0.2) is 60.7 Å². The summed E-state index contributed by atoms with van der Waals surface area (Å²) in [7, 11) is 0. The number of benzene rings is 2. The lowest BCUT2D eigenvalue weighted by Gasteiger charge is -2.23. The van der Waals surface area contributed by atoms with Gasteiger partial charge in [0.25, 0.3) is 0 Å². The van der Waals surface area contributed by atoms with E-state index < -0.39 is 29.9 Å². The number of amides is 1. The summed E-state index contributed by atoms with van der Waals surface area (Å²) in [5.41, 5.74) is 4.46. The highest BCUT2D eigenvalue weighted by molar-refractivity contribution is 5.82. The molecular weight excluding hydrogens is 436 g/mol. The van der Waals surface area contributed by atoms with Crippen LogP contribution in [0.4, 0.5) is 4.79 Å². The van der Waals surface area contributed by atoms with Crippen LogP contribution in [0, 0.1) is 5.92 Å². The number of nitrogens with zero attached hydrogens (tertiary/aromatic N) is 1. The van der Waals surface area contributed by atoms with E-state index in [1.165, 1.54) is 12.1 Å². The predicted octanol–water partition coefficient (Wildman–Crippen LogP) is 3.95. The highest BCUT2D eigenvalue weighted by atomic mass is 16.7. The Bertz CT molecular complexity index is 1150. The second kappa shape index (κ2) is 9.13. The average molecular weight is 463 g/mol. The molecule has 1 unspecified atom stereocenters. The first-order chi connectivity index (χ1) is 16.5.